The quantitative estimate of drug-likeness (QED) is 0.235. The van der Waals surface area contributed by atoms with Crippen LogP contribution in [0.25, 0.3) is 0 Å². The number of hydrogen-bond acceptors (Lipinski definition) is 6. The van der Waals surface area contributed by atoms with Gasteiger partial charge in [-0.1, -0.05) is 54.9 Å². The molecule has 40 heavy (non-hydrogen) atoms. The predicted molar refractivity (Wildman–Crippen MR) is 170 cm³/mol. The van der Waals surface area contributed by atoms with Crippen molar-refractivity contribution in [1.29, 1.82) is 5.26 Å². The number of hydrogen-bond donors (Lipinski definition) is 3. The number of carbonyl (C=O) groups is 1. The van der Waals surface area contributed by atoms with Crippen LogP contribution in [0.2, 0.25) is 0 Å². The summed E-state index contributed by atoms with van der Waals surface area (Å²) in [5.41, 5.74) is -0.420. The Hall–Kier alpha value is -3.14. The number of thiocarbonyl (C=S) groups is 3. The smallest absolute Gasteiger partial charge is 0.417 e. The first kappa shape index (κ1) is 39.0. The Labute approximate surface area is 251 Å². The number of nitrogens with zero attached hydrogens (tertiary/aromatic N) is 1. The molecule has 0 bridgehead atoms. The minimum Gasteiger partial charge on any atom is -0.460 e. The summed E-state index contributed by atoms with van der Waals surface area (Å²) in [6, 6.07) is 14.8. The molecule has 0 saturated carbocycles. The third kappa shape index (κ3) is 22.8. The number of benzene rings is 2. The molecule has 0 amide bonds. The van der Waals surface area contributed by atoms with Crippen molar-refractivity contribution in [3.63, 3.8) is 0 Å². The number of rotatable bonds is 3. The van der Waals surface area contributed by atoms with E-state index in [1.807, 2.05) is 71.9 Å². The molecule has 220 valence electrons. The molecule has 0 heterocycles. The highest BCUT2D eigenvalue weighted by atomic mass is 32.1. The molecule has 0 radical (unpaired) electrons. The molecule has 3 N–H and O–H groups in total. The predicted octanol–water partition coefficient (Wildman–Crippen LogP) is 8.07. The zero-order valence-electron chi connectivity index (χ0n) is 23.9. The number of ether oxygens (including phenoxy) is 1. The average molecular weight is 615 g/mol. The van der Waals surface area contributed by atoms with Crippen LogP contribution < -0.4 is 16.0 Å². The maximum absolute atomic E-state index is 12.5. The van der Waals surface area contributed by atoms with Crippen LogP contribution in [0.5, 0.6) is 0 Å². The van der Waals surface area contributed by atoms with E-state index in [1.54, 1.807) is 6.92 Å². The van der Waals surface area contributed by atoms with Gasteiger partial charge in [-0.3, -0.25) is 4.79 Å². The Morgan fingerprint density at radius 3 is 1.68 bits per heavy atom. The van der Waals surface area contributed by atoms with E-state index in [9.17, 15) is 18.0 Å². The second kappa shape index (κ2) is 19.8. The van der Waals surface area contributed by atoms with Gasteiger partial charge in [-0.2, -0.15) is 18.4 Å². The Kier molecular flexibility index (Phi) is 19.4. The summed E-state index contributed by atoms with van der Waals surface area (Å²) in [6.07, 6.45) is -4.54. The summed E-state index contributed by atoms with van der Waals surface area (Å²) in [4.78, 5) is 12.3. The normalized spacial score (nSPS) is 9.85. The maximum atomic E-state index is 12.5. The van der Waals surface area contributed by atoms with Gasteiger partial charge in [0.25, 0.3) is 0 Å². The van der Waals surface area contributed by atoms with E-state index in [4.69, 9.17) is 34.4 Å². The Morgan fingerprint density at radius 1 is 0.875 bits per heavy atom. The lowest BCUT2D eigenvalue weighted by atomic mass is 10.1. The number of para-hydroxylation sites is 1. The van der Waals surface area contributed by atoms with Gasteiger partial charge in [0.05, 0.1) is 32.2 Å². The van der Waals surface area contributed by atoms with E-state index in [1.165, 1.54) is 19.1 Å². The first-order valence-electron chi connectivity index (χ1n) is 12.0. The topological polar surface area (TPSA) is 86.2 Å². The van der Waals surface area contributed by atoms with Crippen LogP contribution in [0.1, 0.15) is 66.5 Å². The molecule has 0 unspecified atom stereocenters. The van der Waals surface area contributed by atoms with Gasteiger partial charge in [-0.15, -0.1) is 0 Å². The third-order valence-corrected chi connectivity index (χ3v) is 4.08. The zero-order valence-corrected chi connectivity index (χ0v) is 26.4. The number of halogens is 3. The van der Waals surface area contributed by atoms with Gasteiger partial charge < -0.3 is 20.7 Å². The molecule has 2 aromatic rings. The molecule has 0 aliphatic heterocycles. The van der Waals surface area contributed by atoms with Crippen LogP contribution in [-0.2, 0) is 15.7 Å². The summed E-state index contributed by atoms with van der Waals surface area (Å²) in [6.45, 7) is 15.2. The Bertz CT molecular complexity index is 1140. The number of esters is 1. The van der Waals surface area contributed by atoms with Gasteiger partial charge in [0.15, 0.2) is 0 Å². The van der Waals surface area contributed by atoms with Crippen molar-refractivity contribution < 1.29 is 22.7 Å². The number of carbonyl (C=O) groups excluding carboxylic acids is 1. The second-order valence-corrected chi connectivity index (χ2v) is 10.7. The minimum atomic E-state index is -4.54. The van der Waals surface area contributed by atoms with Crippen molar-refractivity contribution in [2.75, 3.05) is 17.2 Å². The van der Waals surface area contributed by atoms with Crippen molar-refractivity contribution >= 4 is 69.0 Å². The monoisotopic (exact) mass is 614 g/mol. The molecule has 0 fully saturated rings. The van der Waals surface area contributed by atoms with Gasteiger partial charge >= 0.3 is 12.1 Å². The summed E-state index contributed by atoms with van der Waals surface area (Å²) >= 11 is 14.3. The average Bonchev–Trinajstić information content (AvgIpc) is 2.78. The summed E-state index contributed by atoms with van der Waals surface area (Å²) in [5.74, 6) is -0.225. The van der Waals surface area contributed by atoms with Crippen LogP contribution >= 0.6 is 36.7 Å². The maximum Gasteiger partial charge on any atom is 0.417 e. The van der Waals surface area contributed by atoms with E-state index >= 15 is 0 Å². The molecular weight excluding hydrogens is 578 g/mol. The van der Waals surface area contributed by atoms with E-state index in [0.717, 1.165) is 34.3 Å². The molecule has 0 aliphatic carbocycles. The molecule has 0 aliphatic rings. The highest BCUT2D eigenvalue weighted by Crippen LogP contribution is 2.33. The fourth-order valence-corrected chi connectivity index (χ4v) is 2.94. The van der Waals surface area contributed by atoms with Crippen LogP contribution in [0.3, 0.4) is 0 Å². The number of anilines is 2. The summed E-state index contributed by atoms with van der Waals surface area (Å²) in [7, 11) is 0. The van der Waals surface area contributed by atoms with Crippen LogP contribution in [-0.4, -0.2) is 33.1 Å². The van der Waals surface area contributed by atoms with Gasteiger partial charge in [0, 0.05) is 24.8 Å². The molecule has 6 nitrogen and oxygen atoms in total. The minimum absolute atomic E-state index is 0.221. The van der Waals surface area contributed by atoms with Gasteiger partial charge in [0.1, 0.15) is 5.60 Å². The molecule has 0 atom stereocenters. The first-order chi connectivity index (χ1) is 18.3. The van der Waals surface area contributed by atoms with Gasteiger partial charge in [-0.25, -0.2) is 0 Å². The van der Waals surface area contributed by atoms with Crippen molar-refractivity contribution in [1.82, 2.24) is 5.32 Å². The second-order valence-electron chi connectivity index (χ2n) is 8.89. The lowest BCUT2D eigenvalue weighted by Crippen LogP contribution is -2.21. The number of nitrogens with one attached hydrogen (secondary N) is 3. The molecule has 2 aromatic carbocycles. The summed E-state index contributed by atoms with van der Waals surface area (Å²) < 4.78 is 42.4. The highest BCUT2D eigenvalue weighted by Gasteiger charge is 2.33. The lowest BCUT2D eigenvalue weighted by molar-refractivity contribution is -0.151. The first-order valence-corrected chi connectivity index (χ1v) is 13.2. The largest absolute Gasteiger partial charge is 0.460 e. The third-order valence-electron chi connectivity index (χ3n) is 3.74. The van der Waals surface area contributed by atoms with Crippen LogP contribution in [0.4, 0.5) is 24.5 Å². The fourth-order valence-electron chi connectivity index (χ4n) is 2.56. The summed E-state index contributed by atoms with van der Waals surface area (Å²) in [5, 5.41) is 17.1. The highest BCUT2D eigenvalue weighted by molar-refractivity contribution is 7.80. The molecule has 0 saturated heterocycles. The van der Waals surface area contributed by atoms with Crippen molar-refractivity contribution in [2.24, 2.45) is 0 Å². The number of nitriles is 1. The van der Waals surface area contributed by atoms with Crippen molar-refractivity contribution in [2.45, 2.75) is 67.2 Å². The Morgan fingerprint density at radius 2 is 1.38 bits per heavy atom. The SMILES string of the molecule is CC(=O)OC(C)(C)C.CC(=S)Nc1ccc(C#N)c(C(F)(F)F)c1.CC(=S)Nc1ccccc1.CCNC(C)=S. The van der Waals surface area contributed by atoms with Crippen molar-refractivity contribution in [3.8, 4) is 6.07 Å². The van der Waals surface area contributed by atoms with E-state index in [0.29, 0.717) is 4.99 Å². The van der Waals surface area contributed by atoms with E-state index < -0.39 is 17.3 Å². The van der Waals surface area contributed by atoms with Crippen LogP contribution in [0, 0.1) is 11.3 Å². The van der Waals surface area contributed by atoms with E-state index in [-0.39, 0.29) is 17.3 Å². The van der Waals surface area contributed by atoms with Gasteiger partial charge in [0.2, 0.25) is 0 Å². The molecule has 0 aromatic heterocycles. The van der Waals surface area contributed by atoms with Crippen LogP contribution in [0.15, 0.2) is 48.5 Å². The molecule has 12 heteroatoms. The molecule has 0 spiro atoms. The number of alkyl halides is 3. The molecule has 2 rings (SSSR count). The van der Waals surface area contributed by atoms with E-state index in [2.05, 4.69) is 28.2 Å². The van der Waals surface area contributed by atoms with Crippen molar-refractivity contribution in [3.05, 3.63) is 59.7 Å². The lowest BCUT2D eigenvalue weighted by Gasteiger charge is -2.17. The zero-order chi connectivity index (χ0) is 31.5. The Balaban J connectivity index is 0. The standard InChI is InChI=1S/C10H7F3N2S.C8H9NS.C6H12O2.C4H9NS/c1-6(16)15-8-3-2-7(5-14)9(4-8)10(11,12)13;1-7(10)9-8-5-3-2-4-6-8;1-5(7)8-6(2,3)4;1-3-5-4(2)6/h2-4H,1H3,(H,15,16);2-6H,1H3,(H,9,10);1-4H3;3H2,1-2H3,(H,5,6). The molecular formula is C28H37F3N4O2S3. The fraction of sp³-hybridized carbons (Fsp3) is 0.393. The van der Waals surface area contributed by atoms with Gasteiger partial charge in [-0.05, 0) is 78.8 Å².